The minimum Gasteiger partial charge on any atom is -0.436 e. The van der Waals surface area contributed by atoms with Crippen LogP contribution in [0.1, 0.15) is 48.5 Å². The quantitative estimate of drug-likeness (QED) is 0.583. The lowest BCUT2D eigenvalue weighted by Gasteiger charge is -2.22. The topological polar surface area (TPSA) is 42.4 Å². The van der Waals surface area contributed by atoms with Gasteiger partial charge in [-0.1, -0.05) is 38.5 Å². The molecule has 1 amide bonds. The zero-order chi connectivity index (χ0) is 20.0. The summed E-state index contributed by atoms with van der Waals surface area (Å²) in [5.41, 5.74) is 1.39. The molecule has 2 unspecified atom stereocenters. The maximum absolute atomic E-state index is 14.2. The first-order chi connectivity index (χ1) is 12.9. The predicted octanol–water partition coefficient (Wildman–Crippen LogP) is 5.42. The van der Waals surface area contributed by atoms with Gasteiger partial charge in [-0.2, -0.15) is 0 Å². The molecule has 1 aromatic heterocycles. The molecule has 0 saturated heterocycles. The van der Waals surface area contributed by atoms with Crippen LogP contribution in [0.5, 0.6) is 11.6 Å². The molecule has 0 fully saturated rings. The van der Waals surface area contributed by atoms with Crippen LogP contribution in [-0.4, -0.2) is 29.9 Å². The van der Waals surface area contributed by atoms with Crippen LogP contribution < -0.4 is 4.74 Å². The van der Waals surface area contributed by atoms with E-state index in [4.69, 9.17) is 4.74 Å². The van der Waals surface area contributed by atoms with Crippen molar-refractivity contribution >= 4 is 5.91 Å². The smallest absolute Gasteiger partial charge is 0.255 e. The summed E-state index contributed by atoms with van der Waals surface area (Å²) >= 11 is 0. The Labute approximate surface area is 160 Å². The molecule has 144 valence electrons. The number of hydrogen-bond acceptors (Lipinski definition) is 3. The van der Waals surface area contributed by atoms with E-state index in [-0.39, 0.29) is 17.4 Å². The number of allylic oxidation sites excluding steroid dienone is 1. The first kappa shape index (κ1) is 20.6. The fraction of sp³-hybridized carbons (Fsp3) is 0.364. The molecule has 1 heterocycles. The summed E-state index contributed by atoms with van der Waals surface area (Å²) in [6.45, 7) is 8.22. The van der Waals surface area contributed by atoms with Crippen molar-refractivity contribution < 1.29 is 13.9 Å². The maximum atomic E-state index is 14.2. The van der Waals surface area contributed by atoms with Gasteiger partial charge >= 0.3 is 0 Å². The third kappa shape index (κ3) is 5.16. The molecule has 2 aromatic rings. The number of amides is 1. The van der Waals surface area contributed by atoms with Gasteiger partial charge in [-0.15, -0.1) is 6.58 Å². The van der Waals surface area contributed by atoms with E-state index in [9.17, 15) is 9.18 Å². The van der Waals surface area contributed by atoms with E-state index >= 15 is 0 Å². The summed E-state index contributed by atoms with van der Waals surface area (Å²) in [6, 6.07) is 8.75. The highest BCUT2D eigenvalue weighted by atomic mass is 19.1. The highest BCUT2D eigenvalue weighted by Crippen LogP contribution is 2.31. The Morgan fingerprint density at radius 1 is 1.33 bits per heavy atom. The lowest BCUT2D eigenvalue weighted by molar-refractivity contribution is 0.0826. The fourth-order valence-corrected chi connectivity index (χ4v) is 3.04. The standard InChI is InChI=1S/C22H27FN2O2/c1-6-8-16(7-2)15(3)17-9-11-19(12-10-17)27-21-20(23)13-18(14-24-21)22(26)25(4)5/h6,9-16H,1,7-8H2,2-5H3. The molecular formula is C22H27FN2O2. The number of hydrogen-bond donors (Lipinski definition) is 0. The van der Waals surface area contributed by atoms with Gasteiger partial charge in [0, 0.05) is 20.3 Å². The van der Waals surface area contributed by atoms with E-state index in [0.29, 0.717) is 17.6 Å². The largest absolute Gasteiger partial charge is 0.436 e. The van der Waals surface area contributed by atoms with Gasteiger partial charge in [0.05, 0.1) is 5.56 Å². The van der Waals surface area contributed by atoms with Crippen molar-refractivity contribution in [2.24, 2.45) is 5.92 Å². The van der Waals surface area contributed by atoms with Crippen molar-refractivity contribution in [3.8, 4) is 11.6 Å². The summed E-state index contributed by atoms with van der Waals surface area (Å²) in [5.74, 6) is 0.307. The molecule has 5 heteroatoms. The molecule has 0 aliphatic carbocycles. The number of rotatable bonds is 8. The van der Waals surface area contributed by atoms with Crippen LogP contribution in [0.4, 0.5) is 4.39 Å². The van der Waals surface area contributed by atoms with Gasteiger partial charge in [0.15, 0.2) is 5.82 Å². The highest BCUT2D eigenvalue weighted by molar-refractivity contribution is 5.93. The second-order valence-electron chi connectivity index (χ2n) is 6.86. The van der Waals surface area contributed by atoms with Crippen LogP contribution in [0.25, 0.3) is 0 Å². The van der Waals surface area contributed by atoms with E-state index in [0.717, 1.165) is 18.9 Å². The van der Waals surface area contributed by atoms with Crippen LogP contribution in [0, 0.1) is 11.7 Å². The summed E-state index contributed by atoms with van der Waals surface area (Å²) in [7, 11) is 3.21. The first-order valence-electron chi connectivity index (χ1n) is 9.13. The van der Waals surface area contributed by atoms with Gasteiger partial charge in [-0.25, -0.2) is 9.37 Å². The molecule has 27 heavy (non-hydrogen) atoms. The molecule has 2 atom stereocenters. The fourth-order valence-electron chi connectivity index (χ4n) is 3.04. The number of halogens is 1. The minimum absolute atomic E-state index is 0.149. The number of nitrogens with zero attached hydrogens (tertiary/aromatic N) is 2. The Hall–Kier alpha value is -2.69. The van der Waals surface area contributed by atoms with Crippen molar-refractivity contribution in [1.82, 2.24) is 9.88 Å². The third-order valence-corrected chi connectivity index (χ3v) is 4.78. The molecule has 0 radical (unpaired) electrons. The monoisotopic (exact) mass is 370 g/mol. The van der Waals surface area contributed by atoms with Crippen LogP contribution in [-0.2, 0) is 0 Å². The second kappa shape index (κ2) is 9.31. The van der Waals surface area contributed by atoms with Crippen LogP contribution in [0.3, 0.4) is 0 Å². The SMILES string of the molecule is C=CCC(CC)C(C)c1ccc(Oc2ncc(C(=O)N(C)C)cc2F)cc1. The van der Waals surface area contributed by atoms with Crippen molar-refractivity contribution in [3.05, 3.63) is 66.1 Å². The highest BCUT2D eigenvalue weighted by Gasteiger charge is 2.17. The molecule has 0 aliphatic heterocycles. The van der Waals surface area contributed by atoms with E-state index in [1.54, 1.807) is 14.1 Å². The van der Waals surface area contributed by atoms with E-state index in [1.807, 2.05) is 30.3 Å². The summed E-state index contributed by atoms with van der Waals surface area (Å²) < 4.78 is 19.8. The van der Waals surface area contributed by atoms with E-state index in [1.165, 1.54) is 16.7 Å². The number of pyridine rings is 1. The lowest BCUT2D eigenvalue weighted by Crippen LogP contribution is -2.22. The first-order valence-corrected chi connectivity index (χ1v) is 9.13. The normalized spacial score (nSPS) is 12.9. The Morgan fingerprint density at radius 3 is 2.52 bits per heavy atom. The number of aromatic nitrogens is 1. The van der Waals surface area contributed by atoms with Crippen molar-refractivity contribution in [2.75, 3.05) is 14.1 Å². The number of benzene rings is 1. The Kier molecular flexibility index (Phi) is 7.11. The molecule has 0 spiro atoms. The summed E-state index contributed by atoms with van der Waals surface area (Å²) in [4.78, 5) is 17.2. The Balaban J connectivity index is 2.12. The van der Waals surface area contributed by atoms with Crippen LogP contribution in [0.2, 0.25) is 0 Å². The third-order valence-electron chi connectivity index (χ3n) is 4.78. The van der Waals surface area contributed by atoms with Gasteiger partial charge < -0.3 is 9.64 Å². The average molecular weight is 370 g/mol. The molecule has 1 aromatic carbocycles. The Bertz CT molecular complexity index is 787. The van der Waals surface area contributed by atoms with Crippen molar-refractivity contribution in [1.29, 1.82) is 0 Å². The van der Waals surface area contributed by atoms with E-state index < -0.39 is 5.82 Å². The van der Waals surface area contributed by atoms with Gasteiger partial charge in [0.1, 0.15) is 5.75 Å². The molecule has 0 saturated carbocycles. The summed E-state index contributed by atoms with van der Waals surface area (Å²) in [6.07, 6.45) is 5.33. The Morgan fingerprint density at radius 2 is 2.00 bits per heavy atom. The van der Waals surface area contributed by atoms with Crippen LogP contribution in [0.15, 0.2) is 49.2 Å². The van der Waals surface area contributed by atoms with E-state index in [2.05, 4.69) is 25.4 Å². The molecule has 0 N–H and O–H groups in total. The number of ether oxygens (including phenoxy) is 1. The molecule has 0 bridgehead atoms. The average Bonchev–Trinajstić information content (AvgIpc) is 2.67. The van der Waals surface area contributed by atoms with Gasteiger partial charge in [0.25, 0.3) is 11.8 Å². The van der Waals surface area contributed by atoms with Crippen molar-refractivity contribution in [3.63, 3.8) is 0 Å². The molecule has 0 aliphatic rings. The van der Waals surface area contributed by atoms with Gasteiger partial charge in [-0.3, -0.25) is 4.79 Å². The summed E-state index contributed by atoms with van der Waals surface area (Å²) in [5, 5.41) is 0. The maximum Gasteiger partial charge on any atom is 0.255 e. The zero-order valence-corrected chi connectivity index (χ0v) is 16.4. The predicted molar refractivity (Wildman–Crippen MR) is 106 cm³/mol. The number of carbonyl (C=O) groups is 1. The van der Waals surface area contributed by atoms with Crippen molar-refractivity contribution in [2.45, 2.75) is 32.6 Å². The molecular weight excluding hydrogens is 343 g/mol. The minimum atomic E-state index is -0.669. The number of carbonyl (C=O) groups excluding carboxylic acids is 1. The van der Waals surface area contributed by atoms with Crippen LogP contribution >= 0.6 is 0 Å². The molecule has 2 rings (SSSR count). The van der Waals surface area contributed by atoms with Gasteiger partial charge in [0.2, 0.25) is 0 Å². The zero-order valence-electron chi connectivity index (χ0n) is 16.4. The van der Waals surface area contributed by atoms with Gasteiger partial charge in [-0.05, 0) is 42.0 Å². The lowest BCUT2D eigenvalue weighted by atomic mass is 9.84. The molecule has 4 nitrogen and oxygen atoms in total. The second-order valence-corrected chi connectivity index (χ2v) is 6.86.